The number of aromatic nitrogens is 1. The standard InChI is InChI=1S/C14H23N3O/c1-2-15-7-13-6-14(18-16-13)10-17-8-11-4-3-5-12(11)9-17/h6,11-12,15H,2-5,7-10H2,1H3. The minimum Gasteiger partial charge on any atom is -0.360 e. The molecule has 0 bridgehead atoms. The van der Waals surface area contributed by atoms with Crippen molar-refractivity contribution in [2.45, 2.75) is 39.3 Å². The number of hydrogen-bond donors (Lipinski definition) is 1. The maximum absolute atomic E-state index is 5.41. The fraction of sp³-hybridized carbons (Fsp3) is 0.786. The zero-order valence-electron chi connectivity index (χ0n) is 11.2. The predicted octanol–water partition coefficient (Wildman–Crippen LogP) is 2.02. The summed E-state index contributed by atoms with van der Waals surface area (Å²) in [5, 5.41) is 7.37. The molecular weight excluding hydrogens is 226 g/mol. The van der Waals surface area contributed by atoms with Crippen molar-refractivity contribution in [1.82, 2.24) is 15.4 Å². The van der Waals surface area contributed by atoms with E-state index in [0.717, 1.165) is 42.9 Å². The average Bonchev–Trinajstić information content (AvgIpc) is 3.02. The monoisotopic (exact) mass is 249 g/mol. The Kier molecular flexibility index (Phi) is 3.66. The molecule has 1 N–H and O–H groups in total. The van der Waals surface area contributed by atoms with Crippen molar-refractivity contribution in [3.05, 3.63) is 17.5 Å². The summed E-state index contributed by atoms with van der Waals surface area (Å²) in [5.74, 6) is 2.92. The number of hydrogen-bond acceptors (Lipinski definition) is 4. The molecule has 4 heteroatoms. The minimum absolute atomic E-state index is 0.811. The second-order valence-electron chi connectivity index (χ2n) is 5.71. The molecule has 2 aliphatic rings. The van der Waals surface area contributed by atoms with E-state index < -0.39 is 0 Å². The smallest absolute Gasteiger partial charge is 0.151 e. The molecule has 1 aliphatic heterocycles. The maximum Gasteiger partial charge on any atom is 0.151 e. The number of rotatable bonds is 5. The van der Waals surface area contributed by atoms with Crippen LogP contribution in [-0.4, -0.2) is 29.7 Å². The van der Waals surface area contributed by atoms with Gasteiger partial charge in [-0.05, 0) is 31.2 Å². The molecule has 1 aromatic rings. The van der Waals surface area contributed by atoms with E-state index >= 15 is 0 Å². The first-order chi connectivity index (χ1) is 8.85. The summed E-state index contributed by atoms with van der Waals surface area (Å²) < 4.78 is 5.41. The number of nitrogens with zero attached hydrogens (tertiary/aromatic N) is 2. The molecule has 4 nitrogen and oxygen atoms in total. The summed E-state index contributed by atoms with van der Waals surface area (Å²) in [7, 11) is 0. The van der Waals surface area contributed by atoms with E-state index in [9.17, 15) is 0 Å². The van der Waals surface area contributed by atoms with E-state index in [4.69, 9.17) is 4.52 Å². The summed E-state index contributed by atoms with van der Waals surface area (Å²) in [5.41, 5.74) is 1.02. The Morgan fingerprint density at radius 2 is 2.17 bits per heavy atom. The van der Waals surface area contributed by atoms with Crippen LogP contribution < -0.4 is 5.32 Å². The van der Waals surface area contributed by atoms with Gasteiger partial charge in [0.15, 0.2) is 5.76 Å². The lowest BCUT2D eigenvalue weighted by Crippen LogP contribution is -2.20. The fourth-order valence-electron chi connectivity index (χ4n) is 3.45. The van der Waals surface area contributed by atoms with Crippen LogP contribution in [-0.2, 0) is 13.1 Å². The first-order valence-corrected chi connectivity index (χ1v) is 7.22. The van der Waals surface area contributed by atoms with Gasteiger partial charge in [0.05, 0.1) is 12.2 Å². The van der Waals surface area contributed by atoms with Gasteiger partial charge in [0.2, 0.25) is 0 Å². The minimum atomic E-state index is 0.811. The van der Waals surface area contributed by atoms with E-state index in [1.165, 1.54) is 32.4 Å². The van der Waals surface area contributed by atoms with Gasteiger partial charge < -0.3 is 9.84 Å². The first kappa shape index (κ1) is 12.2. The van der Waals surface area contributed by atoms with Crippen molar-refractivity contribution in [2.75, 3.05) is 19.6 Å². The van der Waals surface area contributed by atoms with Crippen LogP contribution in [0.1, 0.15) is 37.6 Å². The van der Waals surface area contributed by atoms with Gasteiger partial charge in [0.25, 0.3) is 0 Å². The molecule has 1 aromatic heterocycles. The Morgan fingerprint density at radius 1 is 1.39 bits per heavy atom. The zero-order valence-corrected chi connectivity index (χ0v) is 11.2. The van der Waals surface area contributed by atoms with Crippen LogP contribution in [0.2, 0.25) is 0 Å². The van der Waals surface area contributed by atoms with Gasteiger partial charge in [-0.3, -0.25) is 4.90 Å². The highest BCUT2D eigenvalue weighted by atomic mass is 16.5. The van der Waals surface area contributed by atoms with Gasteiger partial charge in [-0.25, -0.2) is 0 Å². The average molecular weight is 249 g/mol. The molecule has 0 aromatic carbocycles. The summed E-state index contributed by atoms with van der Waals surface area (Å²) in [6.07, 6.45) is 4.31. The lowest BCUT2D eigenvalue weighted by atomic mass is 10.0. The highest BCUT2D eigenvalue weighted by Gasteiger charge is 2.36. The normalized spacial score (nSPS) is 27.8. The van der Waals surface area contributed by atoms with Crippen molar-refractivity contribution in [3.63, 3.8) is 0 Å². The Hall–Kier alpha value is -0.870. The van der Waals surface area contributed by atoms with Gasteiger partial charge in [-0.15, -0.1) is 0 Å². The molecule has 0 spiro atoms. The highest BCUT2D eigenvalue weighted by Crippen LogP contribution is 2.38. The van der Waals surface area contributed by atoms with Crippen LogP contribution in [0.4, 0.5) is 0 Å². The molecule has 18 heavy (non-hydrogen) atoms. The molecule has 3 rings (SSSR count). The maximum atomic E-state index is 5.41. The van der Waals surface area contributed by atoms with Crippen LogP contribution in [0.15, 0.2) is 10.6 Å². The summed E-state index contributed by atoms with van der Waals surface area (Å²) in [6.45, 7) is 7.33. The SMILES string of the molecule is CCNCc1cc(CN2CC3CCCC3C2)on1. The lowest BCUT2D eigenvalue weighted by molar-refractivity contribution is 0.257. The Morgan fingerprint density at radius 3 is 2.89 bits per heavy atom. The van der Waals surface area contributed by atoms with E-state index in [1.807, 2.05) is 0 Å². The molecule has 1 aliphatic carbocycles. The molecular formula is C14H23N3O. The van der Waals surface area contributed by atoms with Crippen molar-refractivity contribution in [3.8, 4) is 0 Å². The third-order valence-corrected chi connectivity index (χ3v) is 4.35. The third-order valence-electron chi connectivity index (χ3n) is 4.35. The van der Waals surface area contributed by atoms with Gasteiger partial charge in [-0.1, -0.05) is 18.5 Å². The summed E-state index contributed by atoms with van der Waals surface area (Å²) in [4.78, 5) is 2.53. The lowest BCUT2D eigenvalue weighted by Gasteiger charge is -2.13. The zero-order chi connectivity index (χ0) is 12.4. The van der Waals surface area contributed by atoms with Gasteiger partial charge in [0, 0.05) is 25.7 Å². The molecule has 100 valence electrons. The van der Waals surface area contributed by atoms with Crippen LogP contribution in [0.25, 0.3) is 0 Å². The van der Waals surface area contributed by atoms with Crippen LogP contribution in [0.3, 0.4) is 0 Å². The number of likely N-dealkylation sites (tertiary alicyclic amines) is 1. The summed E-state index contributed by atoms with van der Waals surface area (Å²) in [6, 6.07) is 2.09. The molecule has 0 radical (unpaired) electrons. The molecule has 2 atom stereocenters. The topological polar surface area (TPSA) is 41.3 Å². The number of nitrogens with one attached hydrogen (secondary N) is 1. The van der Waals surface area contributed by atoms with E-state index in [-0.39, 0.29) is 0 Å². The number of fused-ring (bicyclic) bond motifs is 1. The van der Waals surface area contributed by atoms with Gasteiger partial charge >= 0.3 is 0 Å². The Balaban J connectivity index is 1.52. The fourth-order valence-corrected chi connectivity index (χ4v) is 3.45. The molecule has 2 heterocycles. The Bertz CT molecular complexity index is 378. The van der Waals surface area contributed by atoms with Gasteiger partial charge in [0.1, 0.15) is 0 Å². The molecule has 0 amide bonds. The van der Waals surface area contributed by atoms with Crippen molar-refractivity contribution in [2.24, 2.45) is 11.8 Å². The first-order valence-electron chi connectivity index (χ1n) is 7.22. The van der Waals surface area contributed by atoms with E-state index in [1.54, 1.807) is 0 Å². The molecule has 1 saturated heterocycles. The van der Waals surface area contributed by atoms with Crippen LogP contribution in [0, 0.1) is 11.8 Å². The molecule has 1 saturated carbocycles. The van der Waals surface area contributed by atoms with Crippen molar-refractivity contribution < 1.29 is 4.52 Å². The van der Waals surface area contributed by atoms with Crippen LogP contribution in [0.5, 0.6) is 0 Å². The van der Waals surface area contributed by atoms with E-state index in [0.29, 0.717) is 0 Å². The second kappa shape index (κ2) is 5.41. The van der Waals surface area contributed by atoms with Crippen LogP contribution >= 0.6 is 0 Å². The predicted molar refractivity (Wildman–Crippen MR) is 70.0 cm³/mol. The van der Waals surface area contributed by atoms with E-state index in [2.05, 4.69) is 28.4 Å². The highest BCUT2D eigenvalue weighted by molar-refractivity contribution is 5.05. The molecule has 2 fully saturated rings. The quantitative estimate of drug-likeness (QED) is 0.867. The Labute approximate surface area is 109 Å². The largest absolute Gasteiger partial charge is 0.360 e. The third kappa shape index (κ3) is 2.59. The second-order valence-corrected chi connectivity index (χ2v) is 5.71. The molecule has 2 unspecified atom stereocenters. The summed E-state index contributed by atoms with van der Waals surface area (Å²) >= 11 is 0. The van der Waals surface area contributed by atoms with Gasteiger partial charge in [-0.2, -0.15) is 0 Å². The van der Waals surface area contributed by atoms with Crippen molar-refractivity contribution >= 4 is 0 Å². The van der Waals surface area contributed by atoms with Crippen molar-refractivity contribution in [1.29, 1.82) is 0 Å².